The van der Waals surface area contributed by atoms with Crippen LogP contribution in [0.5, 0.6) is 0 Å². The molecule has 2 aromatic carbocycles. The van der Waals surface area contributed by atoms with Gasteiger partial charge in [-0.05, 0) is 0 Å². The van der Waals surface area contributed by atoms with Gasteiger partial charge in [0.05, 0.1) is 0 Å². The first-order chi connectivity index (χ1) is 11.9. The van der Waals surface area contributed by atoms with Gasteiger partial charge in [-0.1, -0.05) is 0 Å². The molecule has 0 fully saturated rings. The number of rotatable bonds is 11. The Morgan fingerprint density at radius 2 is 1.21 bits per heavy atom. The van der Waals surface area contributed by atoms with Crippen molar-refractivity contribution in [2.24, 2.45) is 0 Å². The molecule has 0 nitrogen and oxygen atoms in total. The maximum atomic E-state index is 2.56. The molecule has 0 unspecified atom stereocenters. The minimum atomic E-state index is 0.472. The van der Waals surface area contributed by atoms with Gasteiger partial charge in [0.1, 0.15) is 0 Å². The predicted octanol–water partition coefficient (Wildman–Crippen LogP) is 4.64. The van der Waals surface area contributed by atoms with Gasteiger partial charge < -0.3 is 0 Å². The van der Waals surface area contributed by atoms with E-state index in [9.17, 15) is 0 Å². The van der Waals surface area contributed by atoms with Crippen LogP contribution in [0.3, 0.4) is 0 Å². The van der Waals surface area contributed by atoms with Crippen LogP contribution in [0.25, 0.3) is 0 Å². The van der Waals surface area contributed by atoms with Crippen molar-refractivity contribution in [3.8, 4) is 0 Å². The summed E-state index contributed by atoms with van der Waals surface area (Å²) in [4.78, 5) is 0. The summed E-state index contributed by atoms with van der Waals surface area (Å²) in [5, 5.41) is 0. The molecule has 128 valence electrons. The molecule has 0 saturated carbocycles. The normalized spacial score (nSPS) is 10.5. The average Bonchev–Trinajstić information content (AvgIpc) is 2.62. The Morgan fingerprint density at radius 1 is 0.708 bits per heavy atom. The molecule has 0 aliphatic heterocycles. The standard InChI is InChI=1S/C22H28Se2/c1-2-3-4-5-6-7-14-19-22(23-20-15-10-8-11-16-20)24-21-17-12-9-13-18-21/h8-13,15-19H,2-7,14H2,1H3. The van der Waals surface area contributed by atoms with E-state index in [2.05, 4.69) is 73.7 Å². The van der Waals surface area contributed by atoms with Crippen molar-refractivity contribution in [1.82, 2.24) is 0 Å². The minimum absolute atomic E-state index is 0.472. The molecule has 0 heterocycles. The summed E-state index contributed by atoms with van der Waals surface area (Å²) in [5.41, 5.74) is 0. The molecule has 0 bridgehead atoms. The third-order valence-corrected chi connectivity index (χ3v) is 9.28. The summed E-state index contributed by atoms with van der Waals surface area (Å²) in [6.45, 7) is 2.28. The molecule has 2 aromatic rings. The molecule has 0 amide bonds. The average molecular weight is 450 g/mol. The Labute approximate surface area is 160 Å². The SMILES string of the molecule is CCCCCCCCC=C([Se]c1ccccc1)[Se]c1ccccc1. The first-order valence-corrected chi connectivity index (χ1v) is 12.5. The molecule has 0 aliphatic rings. The Balaban J connectivity index is 1.88. The first kappa shape index (κ1) is 19.5. The number of hydrogen-bond donors (Lipinski definition) is 0. The van der Waals surface area contributed by atoms with Crippen molar-refractivity contribution in [3.63, 3.8) is 0 Å². The van der Waals surface area contributed by atoms with Crippen LogP contribution in [0, 0.1) is 0 Å². The van der Waals surface area contributed by atoms with Crippen molar-refractivity contribution in [2.75, 3.05) is 0 Å². The van der Waals surface area contributed by atoms with Crippen LogP contribution in [-0.4, -0.2) is 29.9 Å². The van der Waals surface area contributed by atoms with Gasteiger partial charge in [-0.2, -0.15) is 0 Å². The number of allylic oxidation sites excluding steroid dienone is 1. The molecule has 0 saturated heterocycles. The summed E-state index contributed by atoms with van der Waals surface area (Å²) in [7, 11) is 0. The van der Waals surface area contributed by atoms with Gasteiger partial charge in [0.25, 0.3) is 0 Å². The predicted molar refractivity (Wildman–Crippen MR) is 110 cm³/mol. The second kappa shape index (κ2) is 12.6. The summed E-state index contributed by atoms with van der Waals surface area (Å²) in [6, 6.07) is 22.0. The van der Waals surface area contributed by atoms with Crippen LogP contribution in [-0.2, 0) is 0 Å². The van der Waals surface area contributed by atoms with Crippen LogP contribution in [0.2, 0.25) is 0 Å². The molecular weight excluding hydrogens is 422 g/mol. The quantitative estimate of drug-likeness (QED) is 0.346. The number of unbranched alkanes of at least 4 members (excludes halogenated alkanes) is 6. The zero-order valence-electron chi connectivity index (χ0n) is 14.6. The zero-order valence-corrected chi connectivity index (χ0v) is 18.0. The number of hydrogen-bond acceptors (Lipinski definition) is 0. The van der Waals surface area contributed by atoms with Crippen molar-refractivity contribution >= 4 is 38.8 Å². The van der Waals surface area contributed by atoms with Crippen LogP contribution >= 0.6 is 0 Å². The van der Waals surface area contributed by atoms with Gasteiger partial charge in [0.15, 0.2) is 0 Å². The molecular formula is C22H28Se2. The van der Waals surface area contributed by atoms with Crippen LogP contribution in [0.15, 0.2) is 70.1 Å². The monoisotopic (exact) mass is 452 g/mol. The van der Waals surface area contributed by atoms with Gasteiger partial charge in [0, 0.05) is 0 Å². The maximum absolute atomic E-state index is 2.56. The van der Waals surface area contributed by atoms with E-state index in [-0.39, 0.29) is 0 Å². The molecule has 0 aliphatic carbocycles. The molecule has 0 N–H and O–H groups in total. The molecule has 0 atom stereocenters. The molecule has 0 spiro atoms. The number of benzene rings is 2. The van der Waals surface area contributed by atoms with Crippen LogP contribution in [0.4, 0.5) is 0 Å². The Hall–Kier alpha value is -0.781. The van der Waals surface area contributed by atoms with Crippen molar-refractivity contribution in [2.45, 2.75) is 51.9 Å². The summed E-state index contributed by atoms with van der Waals surface area (Å²) in [5.74, 6) is 0. The molecule has 0 radical (unpaired) electrons. The topological polar surface area (TPSA) is 0 Å². The zero-order chi connectivity index (χ0) is 16.9. The van der Waals surface area contributed by atoms with E-state index < -0.39 is 0 Å². The van der Waals surface area contributed by atoms with Crippen molar-refractivity contribution in [1.29, 1.82) is 0 Å². The molecule has 0 aromatic heterocycles. The van der Waals surface area contributed by atoms with E-state index in [1.54, 1.807) is 3.37 Å². The van der Waals surface area contributed by atoms with E-state index in [0.29, 0.717) is 29.9 Å². The second-order valence-corrected chi connectivity index (χ2v) is 11.9. The van der Waals surface area contributed by atoms with E-state index in [4.69, 9.17) is 0 Å². The third-order valence-electron chi connectivity index (χ3n) is 3.79. The fraction of sp³-hybridized carbons (Fsp3) is 0.364. The fourth-order valence-corrected chi connectivity index (χ4v) is 8.15. The second-order valence-electron chi connectivity index (χ2n) is 5.91. The van der Waals surface area contributed by atoms with Crippen molar-refractivity contribution in [3.05, 3.63) is 70.1 Å². The van der Waals surface area contributed by atoms with E-state index in [1.165, 1.54) is 53.9 Å². The van der Waals surface area contributed by atoms with Gasteiger partial charge >= 0.3 is 161 Å². The van der Waals surface area contributed by atoms with E-state index in [0.717, 1.165) is 0 Å². The van der Waals surface area contributed by atoms with Gasteiger partial charge in [-0.25, -0.2) is 0 Å². The molecule has 24 heavy (non-hydrogen) atoms. The Bertz CT molecular complexity index is 532. The van der Waals surface area contributed by atoms with E-state index in [1.807, 2.05) is 0 Å². The summed E-state index contributed by atoms with van der Waals surface area (Å²) < 4.78 is 4.68. The van der Waals surface area contributed by atoms with E-state index >= 15 is 0 Å². The van der Waals surface area contributed by atoms with Crippen molar-refractivity contribution < 1.29 is 0 Å². The molecule has 2 heteroatoms. The van der Waals surface area contributed by atoms with Gasteiger partial charge in [-0.15, -0.1) is 0 Å². The third kappa shape index (κ3) is 8.36. The van der Waals surface area contributed by atoms with Crippen LogP contribution < -0.4 is 8.92 Å². The van der Waals surface area contributed by atoms with Crippen LogP contribution in [0.1, 0.15) is 51.9 Å². The summed E-state index contributed by atoms with van der Waals surface area (Å²) >= 11 is 0.943. The summed E-state index contributed by atoms with van der Waals surface area (Å²) in [6.07, 6.45) is 12.1. The van der Waals surface area contributed by atoms with Gasteiger partial charge in [0.2, 0.25) is 0 Å². The van der Waals surface area contributed by atoms with Gasteiger partial charge in [-0.3, -0.25) is 0 Å². The first-order valence-electron chi connectivity index (χ1n) is 9.04. The Morgan fingerprint density at radius 3 is 1.75 bits per heavy atom. The fourth-order valence-electron chi connectivity index (χ4n) is 2.46. The Kier molecular flexibility index (Phi) is 10.2. The molecule has 2 rings (SSSR count).